The summed E-state index contributed by atoms with van der Waals surface area (Å²) in [7, 11) is 1.60. The van der Waals surface area contributed by atoms with E-state index in [-0.39, 0.29) is 18.0 Å². The molecule has 0 spiro atoms. The molecule has 144 valence electrons. The standard InChI is InChI=1S/C20H24F2N4O/c1-3-5-19(27)26-17-7-4-6-14(10-17)12-24-20(23-2)25-13-15-11-16(21)8-9-18(15)22/h4,6-11H,3,5,12-13H2,1-2H3,(H,26,27)(H2,23,24,25). The van der Waals surface area contributed by atoms with Crippen LogP contribution in [0.25, 0.3) is 0 Å². The van der Waals surface area contributed by atoms with Crippen molar-refractivity contribution >= 4 is 17.6 Å². The number of nitrogens with zero attached hydrogens (tertiary/aromatic N) is 1. The molecule has 27 heavy (non-hydrogen) atoms. The Labute approximate surface area is 157 Å². The van der Waals surface area contributed by atoms with E-state index in [1.807, 2.05) is 31.2 Å². The molecular weight excluding hydrogens is 350 g/mol. The first-order valence-corrected chi connectivity index (χ1v) is 8.79. The molecule has 0 atom stereocenters. The van der Waals surface area contributed by atoms with Crippen LogP contribution in [0.4, 0.5) is 14.5 Å². The second-order valence-electron chi connectivity index (χ2n) is 6.01. The van der Waals surface area contributed by atoms with Gasteiger partial charge in [-0.2, -0.15) is 0 Å². The van der Waals surface area contributed by atoms with Gasteiger partial charge in [0.2, 0.25) is 5.91 Å². The Morgan fingerprint density at radius 1 is 1.07 bits per heavy atom. The highest BCUT2D eigenvalue weighted by atomic mass is 19.1. The zero-order valence-corrected chi connectivity index (χ0v) is 15.5. The fourth-order valence-corrected chi connectivity index (χ4v) is 2.47. The summed E-state index contributed by atoms with van der Waals surface area (Å²) >= 11 is 0. The van der Waals surface area contributed by atoms with Crippen LogP contribution in [0.1, 0.15) is 30.9 Å². The Hall–Kier alpha value is -2.96. The number of hydrogen-bond donors (Lipinski definition) is 3. The number of carbonyl (C=O) groups excluding carboxylic acids is 1. The Bertz CT molecular complexity index is 808. The summed E-state index contributed by atoms with van der Waals surface area (Å²) in [6, 6.07) is 10.8. The maximum absolute atomic E-state index is 13.7. The maximum Gasteiger partial charge on any atom is 0.224 e. The number of amides is 1. The Morgan fingerprint density at radius 3 is 2.59 bits per heavy atom. The van der Waals surface area contributed by atoms with E-state index in [0.717, 1.165) is 35.9 Å². The van der Waals surface area contributed by atoms with E-state index in [9.17, 15) is 13.6 Å². The number of aliphatic imine (C=N–C) groups is 1. The third-order valence-corrected chi connectivity index (χ3v) is 3.83. The van der Waals surface area contributed by atoms with E-state index >= 15 is 0 Å². The molecule has 7 heteroatoms. The molecule has 0 aliphatic heterocycles. The van der Waals surface area contributed by atoms with Crippen molar-refractivity contribution in [1.29, 1.82) is 0 Å². The summed E-state index contributed by atoms with van der Waals surface area (Å²) in [5, 5.41) is 8.91. The van der Waals surface area contributed by atoms with Crippen molar-refractivity contribution in [1.82, 2.24) is 10.6 Å². The summed E-state index contributed by atoms with van der Waals surface area (Å²) in [4.78, 5) is 15.8. The van der Waals surface area contributed by atoms with Crippen molar-refractivity contribution in [3.8, 4) is 0 Å². The molecule has 0 fully saturated rings. The molecule has 1 amide bonds. The van der Waals surface area contributed by atoms with E-state index in [2.05, 4.69) is 20.9 Å². The molecule has 0 radical (unpaired) electrons. The predicted molar refractivity (Wildman–Crippen MR) is 103 cm³/mol. The number of nitrogens with one attached hydrogen (secondary N) is 3. The van der Waals surface area contributed by atoms with Gasteiger partial charge in [0.15, 0.2) is 5.96 Å². The maximum atomic E-state index is 13.7. The summed E-state index contributed by atoms with van der Waals surface area (Å²) in [6.07, 6.45) is 1.27. The molecule has 0 saturated carbocycles. The van der Waals surface area contributed by atoms with Crippen LogP contribution in [-0.2, 0) is 17.9 Å². The van der Waals surface area contributed by atoms with Crippen LogP contribution >= 0.6 is 0 Å². The van der Waals surface area contributed by atoms with E-state index in [1.54, 1.807) is 7.05 Å². The van der Waals surface area contributed by atoms with Gasteiger partial charge in [-0.15, -0.1) is 0 Å². The highest BCUT2D eigenvalue weighted by molar-refractivity contribution is 5.90. The molecule has 2 aromatic rings. The Kier molecular flexibility index (Phi) is 7.73. The van der Waals surface area contributed by atoms with Crippen molar-refractivity contribution in [2.24, 2.45) is 4.99 Å². The monoisotopic (exact) mass is 374 g/mol. The minimum Gasteiger partial charge on any atom is -0.352 e. The minimum atomic E-state index is -0.488. The fraction of sp³-hybridized carbons (Fsp3) is 0.300. The smallest absolute Gasteiger partial charge is 0.224 e. The number of benzene rings is 2. The van der Waals surface area contributed by atoms with E-state index in [4.69, 9.17) is 0 Å². The van der Waals surface area contributed by atoms with Gasteiger partial charge in [-0.05, 0) is 42.3 Å². The highest BCUT2D eigenvalue weighted by Crippen LogP contribution is 2.12. The largest absolute Gasteiger partial charge is 0.352 e. The first-order chi connectivity index (χ1) is 13.0. The molecule has 3 N–H and O–H groups in total. The minimum absolute atomic E-state index is 0.0165. The van der Waals surface area contributed by atoms with Crippen LogP contribution in [0.3, 0.4) is 0 Å². The van der Waals surface area contributed by atoms with Gasteiger partial charge in [0.05, 0.1) is 0 Å². The number of carbonyl (C=O) groups is 1. The molecule has 2 aromatic carbocycles. The third-order valence-electron chi connectivity index (χ3n) is 3.83. The topological polar surface area (TPSA) is 65.5 Å². The van der Waals surface area contributed by atoms with Crippen molar-refractivity contribution in [2.45, 2.75) is 32.9 Å². The van der Waals surface area contributed by atoms with Gasteiger partial charge in [0.1, 0.15) is 11.6 Å². The molecule has 0 aliphatic rings. The molecule has 2 rings (SSSR count). The molecule has 0 aromatic heterocycles. The summed E-state index contributed by atoms with van der Waals surface area (Å²) in [5.74, 6) is -0.524. The molecule has 0 saturated heterocycles. The second-order valence-corrected chi connectivity index (χ2v) is 6.01. The quantitative estimate of drug-likeness (QED) is 0.513. The Morgan fingerprint density at radius 2 is 1.85 bits per heavy atom. The lowest BCUT2D eigenvalue weighted by molar-refractivity contribution is -0.116. The molecule has 0 aliphatic carbocycles. The van der Waals surface area contributed by atoms with Gasteiger partial charge in [0, 0.05) is 37.8 Å². The average Bonchev–Trinajstić information content (AvgIpc) is 2.65. The zero-order chi connectivity index (χ0) is 19.6. The number of halogens is 2. The van der Waals surface area contributed by atoms with Gasteiger partial charge in [0.25, 0.3) is 0 Å². The molecule has 0 unspecified atom stereocenters. The van der Waals surface area contributed by atoms with Crippen molar-refractivity contribution in [3.63, 3.8) is 0 Å². The highest BCUT2D eigenvalue weighted by Gasteiger charge is 2.06. The molecular formula is C20H24F2N4O. The predicted octanol–water partition coefficient (Wildman–Crippen LogP) is 3.57. The molecule has 0 heterocycles. The van der Waals surface area contributed by atoms with E-state index < -0.39 is 11.6 Å². The van der Waals surface area contributed by atoms with Gasteiger partial charge >= 0.3 is 0 Å². The summed E-state index contributed by atoms with van der Waals surface area (Å²) in [6.45, 7) is 2.52. The van der Waals surface area contributed by atoms with Gasteiger partial charge < -0.3 is 16.0 Å². The first kappa shape index (κ1) is 20.4. The van der Waals surface area contributed by atoms with Crippen LogP contribution in [0.15, 0.2) is 47.5 Å². The number of guanidine groups is 1. The lowest BCUT2D eigenvalue weighted by Gasteiger charge is -2.13. The Balaban J connectivity index is 1.90. The van der Waals surface area contributed by atoms with Gasteiger partial charge in [-0.3, -0.25) is 9.79 Å². The van der Waals surface area contributed by atoms with Crippen LogP contribution < -0.4 is 16.0 Å². The number of anilines is 1. The van der Waals surface area contributed by atoms with Gasteiger partial charge in [-0.25, -0.2) is 8.78 Å². The van der Waals surface area contributed by atoms with Crippen LogP contribution in [0, 0.1) is 11.6 Å². The van der Waals surface area contributed by atoms with E-state index in [1.165, 1.54) is 0 Å². The van der Waals surface area contributed by atoms with E-state index in [0.29, 0.717) is 18.9 Å². The lowest BCUT2D eigenvalue weighted by atomic mass is 10.2. The molecule has 0 bridgehead atoms. The SMILES string of the molecule is CCCC(=O)Nc1cccc(CNC(=NC)NCc2cc(F)ccc2F)c1. The normalized spacial score (nSPS) is 11.2. The summed E-state index contributed by atoms with van der Waals surface area (Å²) in [5.41, 5.74) is 1.90. The summed E-state index contributed by atoms with van der Waals surface area (Å²) < 4.78 is 26.9. The van der Waals surface area contributed by atoms with Crippen LogP contribution in [-0.4, -0.2) is 18.9 Å². The second kappa shape index (κ2) is 10.3. The zero-order valence-electron chi connectivity index (χ0n) is 15.5. The third kappa shape index (κ3) is 6.69. The fourth-order valence-electron chi connectivity index (χ4n) is 2.47. The van der Waals surface area contributed by atoms with Crippen molar-refractivity contribution in [2.75, 3.05) is 12.4 Å². The number of rotatable bonds is 7. The van der Waals surface area contributed by atoms with Gasteiger partial charge in [-0.1, -0.05) is 19.1 Å². The van der Waals surface area contributed by atoms with Crippen LogP contribution in [0.5, 0.6) is 0 Å². The van der Waals surface area contributed by atoms with Crippen molar-refractivity contribution in [3.05, 3.63) is 65.2 Å². The van der Waals surface area contributed by atoms with Crippen molar-refractivity contribution < 1.29 is 13.6 Å². The first-order valence-electron chi connectivity index (χ1n) is 8.79. The van der Waals surface area contributed by atoms with Crippen LogP contribution in [0.2, 0.25) is 0 Å². The molecule has 5 nitrogen and oxygen atoms in total. The average molecular weight is 374 g/mol. The number of hydrogen-bond acceptors (Lipinski definition) is 2. The lowest BCUT2D eigenvalue weighted by Crippen LogP contribution is -2.36.